The molecule has 1 aliphatic heterocycles. The Balaban J connectivity index is 1.60. The first kappa shape index (κ1) is 18.8. The molecule has 0 saturated carbocycles. The third kappa shape index (κ3) is 4.42. The van der Waals surface area contributed by atoms with E-state index in [0.717, 1.165) is 5.56 Å². The number of nitrogens with zero attached hydrogens (tertiary/aromatic N) is 3. The molecule has 7 heteroatoms. The van der Waals surface area contributed by atoms with Gasteiger partial charge in [0.15, 0.2) is 0 Å². The van der Waals surface area contributed by atoms with E-state index in [9.17, 15) is 19.3 Å². The van der Waals surface area contributed by atoms with Crippen LogP contribution in [-0.4, -0.2) is 35.9 Å². The normalized spacial score (nSPS) is 14.8. The summed E-state index contributed by atoms with van der Waals surface area (Å²) in [6, 6.07) is 12.9. The molecule has 1 heterocycles. The first-order valence-corrected chi connectivity index (χ1v) is 8.93. The van der Waals surface area contributed by atoms with Crippen molar-refractivity contribution in [3.8, 4) is 0 Å². The Morgan fingerprint density at radius 1 is 1.22 bits per heavy atom. The van der Waals surface area contributed by atoms with E-state index in [4.69, 9.17) is 0 Å². The number of benzene rings is 2. The lowest BCUT2D eigenvalue weighted by Gasteiger charge is -2.34. The molecule has 0 unspecified atom stereocenters. The topological polar surface area (TPSA) is 66.7 Å². The van der Waals surface area contributed by atoms with E-state index in [-0.39, 0.29) is 28.3 Å². The molecule has 0 aromatic heterocycles. The quantitative estimate of drug-likeness (QED) is 0.595. The van der Waals surface area contributed by atoms with Crippen molar-refractivity contribution in [2.24, 2.45) is 5.92 Å². The Morgan fingerprint density at radius 3 is 2.59 bits per heavy atom. The van der Waals surface area contributed by atoms with Gasteiger partial charge in [0.2, 0.25) is 5.91 Å². The standard InChI is InChI=1S/C20H22FN3O3/c1-22(14-15-5-4-6-17(21)13-15)20(25)16-9-11-23(12-10-16)18-7-2-3-8-19(18)24(26)27/h2-8,13,16H,9-12,14H2,1H3. The highest BCUT2D eigenvalue weighted by Crippen LogP contribution is 2.31. The van der Waals surface area contributed by atoms with Crippen LogP contribution in [0.4, 0.5) is 15.8 Å². The van der Waals surface area contributed by atoms with Gasteiger partial charge in [0.1, 0.15) is 11.5 Å². The van der Waals surface area contributed by atoms with E-state index in [1.54, 1.807) is 42.3 Å². The van der Waals surface area contributed by atoms with Crippen molar-refractivity contribution in [2.45, 2.75) is 19.4 Å². The Hall–Kier alpha value is -2.96. The fraction of sp³-hybridized carbons (Fsp3) is 0.350. The van der Waals surface area contributed by atoms with Gasteiger partial charge >= 0.3 is 0 Å². The molecule has 27 heavy (non-hydrogen) atoms. The fourth-order valence-electron chi connectivity index (χ4n) is 3.55. The van der Waals surface area contributed by atoms with Gasteiger partial charge in [-0.15, -0.1) is 0 Å². The second-order valence-corrected chi connectivity index (χ2v) is 6.83. The lowest BCUT2D eigenvalue weighted by atomic mass is 9.94. The van der Waals surface area contributed by atoms with Crippen LogP contribution in [0.3, 0.4) is 0 Å². The zero-order chi connectivity index (χ0) is 19.4. The molecule has 0 N–H and O–H groups in total. The number of amides is 1. The summed E-state index contributed by atoms with van der Waals surface area (Å²) >= 11 is 0. The number of halogens is 1. The van der Waals surface area contributed by atoms with Crippen LogP contribution >= 0.6 is 0 Å². The van der Waals surface area contributed by atoms with E-state index >= 15 is 0 Å². The summed E-state index contributed by atoms with van der Waals surface area (Å²) < 4.78 is 13.3. The molecular weight excluding hydrogens is 349 g/mol. The van der Waals surface area contributed by atoms with Crippen LogP contribution in [0.5, 0.6) is 0 Å². The maximum Gasteiger partial charge on any atom is 0.292 e. The van der Waals surface area contributed by atoms with Crippen molar-refractivity contribution in [1.82, 2.24) is 4.90 Å². The Morgan fingerprint density at radius 2 is 1.93 bits per heavy atom. The number of carbonyl (C=O) groups is 1. The molecule has 0 spiro atoms. The predicted octanol–water partition coefficient (Wildman–Crippen LogP) is 3.61. The van der Waals surface area contributed by atoms with Crippen LogP contribution in [-0.2, 0) is 11.3 Å². The largest absolute Gasteiger partial charge is 0.366 e. The van der Waals surface area contributed by atoms with Gasteiger partial charge in [0.05, 0.1) is 4.92 Å². The van der Waals surface area contributed by atoms with Crippen molar-refractivity contribution in [2.75, 3.05) is 25.0 Å². The Labute approximate surface area is 157 Å². The van der Waals surface area contributed by atoms with Gasteiger partial charge in [-0.25, -0.2) is 4.39 Å². The third-order valence-electron chi connectivity index (χ3n) is 4.95. The van der Waals surface area contributed by atoms with Gasteiger partial charge in [0, 0.05) is 38.7 Å². The predicted molar refractivity (Wildman–Crippen MR) is 101 cm³/mol. The Bertz CT molecular complexity index is 835. The van der Waals surface area contributed by atoms with Crippen molar-refractivity contribution in [1.29, 1.82) is 0 Å². The number of nitro benzene ring substituents is 1. The van der Waals surface area contributed by atoms with Crippen LogP contribution < -0.4 is 4.90 Å². The highest BCUT2D eigenvalue weighted by atomic mass is 19.1. The SMILES string of the molecule is CN(Cc1cccc(F)c1)C(=O)C1CCN(c2ccccc2[N+](=O)[O-])CC1. The molecule has 1 amide bonds. The van der Waals surface area contributed by atoms with Crippen LogP contribution in [0.2, 0.25) is 0 Å². The first-order valence-electron chi connectivity index (χ1n) is 8.93. The molecule has 0 radical (unpaired) electrons. The molecule has 0 bridgehead atoms. The van der Waals surface area contributed by atoms with Crippen molar-refractivity contribution in [3.63, 3.8) is 0 Å². The van der Waals surface area contributed by atoms with E-state index < -0.39 is 0 Å². The zero-order valence-electron chi connectivity index (χ0n) is 15.2. The molecule has 2 aromatic rings. The molecule has 2 aromatic carbocycles. The molecule has 1 saturated heterocycles. The van der Waals surface area contributed by atoms with Crippen LogP contribution in [0.15, 0.2) is 48.5 Å². The summed E-state index contributed by atoms with van der Waals surface area (Å²) in [6.07, 6.45) is 1.27. The third-order valence-corrected chi connectivity index (χ3v) is 4.95. The maximum absolute atomic E-state index is 13.3. The van der Waals surface area contributed by atoms with Gasteiger partial charge in [-0.2, -0.15) is 0 Å². The molecule has 1 fully saturated rings. The number of nitro groups is 1. The van der Waals surface area contributed by atoms with Crippen LogP contribution in [0.25, 0.3) is 0 Å². The minimum absolute atomic E-state index is 0.0291. The fourth-order valence-corrected chi connectivity index (χ4v) is 3.55. The molecule has 3 rings (SSSR count). The number of rotatable bonds is 5. The maximum atomic E-state index is 13.3. The first-order chi connectivity index (χ1) is 13.0. The lowest BCUT2D eigenvalue weighted by Crippen LogP contribution is -2.41. The number of hydrogen-bond donors (Lipinski definition) is 0. The van der Waals surface area contributed by atoms with Gasteiger partial charge in [-0.3, -0.25) is 14.9 Å². The van der Waals surface area contributed by atoms with Gasteiger partial charge in [0.25, 0.3) is 5.69 Å². The second kappa shape index (κ2) is 8.16. The second-order valence-electron chi connectivity index (χ2n) is 6.83. The number of carbonyl (C=O) groups excluding carboxylic acids is 1. The summed E-state index contributed by atoms with van der Waals surface area (Å²) in [6.45, 7) is 1.55. The van der Waals surface area contributed by atoms with E-state index in [0.29, 0.717) is 38.2 Å². The summed E-state index contributed by atoms with van der Waals surface area (Å²) in [5.74, 6) is -0.407. The highest BCUT2D eigenvalue weighted by Gasteiger charge is 2.29. The molecule has 1 aliphatic rings. The van der Waals surface area contributed by atoms with Gasteiger partial charge in [-0.05, 0) is 36.6 Å². The van der Waals surface area contributed by atoms with E-state index in [2.05, 4.69) is 0 Å². The van der Waals surface area contributed by atoms with E-state index in [1.807, 2.05) is 4.90 Å². The average molecular weight is 371 g/mol. The molecule has 6 nitrogen and oxygen atoms in total. The minimum Gasteiger partial charge on any atom is -0.366 e. The lowest BCUT2D eigenvalue weighted by molar-refractivity contribution is -0.384. The van der Waals surface area contributed by atoms with Crippen molar-refractivity contribution in [3.05, 3.63) is 70.0 Å². The number of piperidine rings is 1. The van der Waals surface area contributed by atoms with E-state index in [1.165, 1.54) is 18.2 Å². The number of anilines is 1. The molecule has 0 aliphatic carbocycles. The van der Waals surface area contributed by atoms with Crippen molar-refractivity contribution < 1.29 is 14.1 Å². The smallest absolute Gasteiger partial charge is 0.292 e. The van der Waals surface area contributed by atoms with Gasteiger partial charge in [-0.1, -0.05) is 24.3 Å². The average Bonchev–Trinajstić information content (AvgIpc) is 2.67. The summed E-state index contributed by atoms with van der Waals surface area (Å²) in [5.41, 5.74) is 1.44. The zero-order valence-corrected chi connectivity index (χ0v) is 15.2. The van der Waals surface area contributed by atoms with Crippen LogP contribution in [0.1, 0.15) is 18.4 Å². The molecule has 142 valence electrons. The minimum atomic E-state index is -0.376. The summed E-state index contributed by atoms with van der Waals surface area (Å²) in [4.78, 5) is 27.1. The van der Waals surface area contributed by atoms with Crippen LogP contribution in [0, 0.1) is 21.8 Å². The summed E-state index contributed by atoms with van der Waals surface area (Å²) in [5, 5.41) is 11.2. The monoisotopic (exact) mass is 371 g/mol. The van der Waals surface area contributed by atoms with Gasteiger partial charge < -0.3 is 9.80 Å². The number of para-hydroxylation sites is 2. The highest BCUT2D eigenvalue weighted by molar-refractivity contribution is 5.79. The van der Waals surface area contributed by atoms with Crippen molar-refractivity contribution >= 4 is 17.3 Å². The Kier molecular flexibility index (Phi) is 5.69. The molecular formula is C20H22FN3O3. The summed E-state index contributed by atoms with van der Waals surface area (Å²) in [7, 11) is 1.72. The number of hydrogen-bond acceptors (Lipinski definition) is 4. The molecule has 0 atom stereocenters.